The minimum absolute atomic E-state index is 0.287. The number of carbonyl (C=O) groups excluding carboxylic acids is 1. The molecule has 0 aromatic heterocycles. The molecule has 16 heavy (non-hydrogen) atoms. The number of piperidine rings is 2. The van der Waals surface area contributed by atoms with Gasteiger partial charge in [0, 0.05) is 6.54 Å². The maximum Gasteiger partial charge on any atom is 0.407 e. The third kappa shape index (κ3) is 2.67. The van der Waals surface area contributed by atoms with E-state index in [0.717, 1.165) is 31.5 Å². The van der Waals surface area contributed by atoms with Gasteiger partial charge in [-0.2, -0.15) is 0 Å². The summed E-state index contributed by atoms with van der Waals surface area (Å²) in [6, 6.07) is 0. The van der Waals surface area contributed by atoms with E-state index in [1.54, 1.807) is 0 Å². The fourth-order valence-electron chi connectivity index (χ4n) is 2.70. The van der Waals surface area contributed by atoms with Crippen LogP contribution in [0.2, 0.25) is 0 Å². The molecule has 2 unspecified atom stereocenters. The number of amides is 1. The predicted molar refractivity (Wildman–Crippen MR) is 62.2 cm³/mol. The van der Waals surface area contributed by atoms with Gasteiger partial charge in [-0.25, -0.2) is 4.79 Å². The van der Waals surface area contributed by atoms with Crippen LogP contribution < -0.4 is 10.6 Å². The van der Waals surface area contributed by atoms with Crippen molar-refractivity contribution in [1.29, 1.82) is 0 Å². The lowest BCUT2D eigenvalue weighted by molar-refractivity contribution is 0.0216. The number of nitrogens with one attached hydrogen (secondary N) is 2. The van der Waals surface area contributed by atoms with E-state index in [9.17, 15) is 4.79 Å². The average Bonchev–Trinajstić information content (AvgIpc) is 2.16. The number of hydrogen-bond acceptors (Lipinski definition) is 3. The fourth-order valence-corrected chi connectivity index (χ4v) is 2.70. The first-order valence-corrected chi connectivity index (χ1v) is 6.13. The van der Waals surface area contributed by atoms with Crippen molar-refractivity contribution in [3.8, 4) is 0 Å². The Morgan fingerprint density at radius 3 is 2.50 bits per heavy atom. The van der Waals surface area contributed by atoms with E-state index < -0.39 is 5.60 Å². The lowest BCUT2D eigenvalue weighted by Crippen LogP contribution is -2.56. The van der Waals surface area contributed by atoms with Crippen LogP contribution in [0.4, 0.5) is 4.79 Å². The van der Waals surface area contributed by atoms with Gasteiger partial charge in [-0.1, -0.05) is 0 Å². The molecule has 2 bridgehead atoms. The van der Waals surface area contributed by atoms with Crippen molar-refractivity contribution >= 4 is 6.09 Å². The number of carbonyl (C=O) groups is 1. The molecule has 1 amide bonds. The first-order valence-electron chi connectivity index (χ1n) is 6.13. The highest BCUT2D eigenvalue weighted by atomic mass is 16.6. The van der Waals surface area contributed by atoms with Gasteiger partial charge in [0.2, 0.25) is 0 Å². The molecule has 3 aliphatic rings. The summed E-state index contributed by atoms with van der Waals surface area (Å²) in [5.41, 5.74) is -0.402. The summed E-state index contributed by atoms with van der Waals surface area (Å²) in [5.74, 6) is 2.18. The standard InChI is InChI=1S/C12H22N2O2/c1-12(2,3)16-11(15)14-7-10-8-4-9(10)6-13-5-8/h8-10,13H,4-7H2,1-3H3,(H,14,15). The largest absolute Gasteiger partial charge is 0.444 e. The van der Waals surface area contributed by atoms with Gasteiger partial charge in [0.05, 0.1) is 0 Å². The quantitative estimate of drug-likeness (QED) is 0.747. The molecule has 2 heterocycles. The van der Waals surface area contributed by atoms with Crippen LogP contribution in [-0.4, -0.2) is 31.3 Å². The van der Waals surface area contributed by atoms with Crippen LogP contribution in [0.5, 0.6) is 0 Å². The molecule has 4 heteroatoms. The Balaban J connectivity index is 1.70. The molecule has 1 aliphatic carbocycles. The molecule has 0 radical (unpaired) electrons. The van der Waals surface area contributed by atoms with Crippen molar-refractivity contribution in [2.24, 2.45) is 17.8 Å². The lowest BCUT2D eigenvalue weighted by Gasteiger charge is -2.49. The van der Waals surface area contributed by atoms with Gasteiger partial charge in [0.15, 0.2) is 0 Å². The second kappa shape index (κ2) is 4.24. The first kappa shape index (κ1) is 11.7. The highest BCUT2D eigenvalue weighted by Gasteiger charge is 2.43. The highest BCUT2D eigenvalue weighted by molar-refractivity contribution is 5.67. The van der Waals surface area contributed by atoms with Gasteiger partial charge in [-0.15, -0.1) is 0 Å². The highest BCUT2D eigenvalue weighted by Crippen LogP contribution is 2.41. The van der Waals surface area contributed by atoms with Crippen molar-refractivity contribution in [1.82, 2.24) is 10.6 Å². The Kier molecular flexibility index (Phi) is 3.10. The Morgan fingerprint density at radius 1 is 1.38 bits per heavy atom. The van der Waals surface area contributed by atoms with Gasteiger partial charge >= 0.3 is 6.09 Å². The molecule has 0 spiro atoms. The molecule has 92 valence electrons. The average molecular weight is 226 g/mol. The zero-order valence-corrected chi connectivity index (χ0v) is 10.4. The lowest BCUT2D eigenvalue weighted by atomic mass is 9.62. The molecule has 2 saturated heterocycles. The van der Waals surface area contributed by atoms with Crippen LogP contribution in [-0.2, 0) is 4.74 Å². The summed E-state index contributed by atoms with van der Waals surface area (Å²) in [6.07, 6.45) is 1.04. The SMILES string of the molecule is CC(C)(C)OC(=O)NCC1C2CNCC1C2. The Labute approximate surface area is 97.1 Å². The molecule has 4 nitrogen and oxygen atoms in total. The predicted octanol–water partition coefficient (Wildman–Crippen LogP) is 1.37. The maximum atomic E-state index is 11.5. The fraction of sp³-hybridized carbons (Fsp3) is 0.917. The van der Waals surface area contributed by atoms with Crippen LogP contribution in [0.25, 0.3) is 0 Å². The number of rotatable bonds is 2. The van der Waals surface area contributed by atoms with Crippen molar-refractivity contribution < 1.29 is 9.53 Å². The minimum Gasteiger partial charge on any atom is -0.444 e. The second-order valence-corrected chi connectivity index (χ2v) is 5.96. The summed E-state index contributed by atoms with van der Waals surface area (Å²) >= 11 is 0. The molecular weight excluding hydrogens is 204 g/mol. The van der Waals surface area contributed by atoms with Gasteiger partial charge < -0.3 is 15.4 Å². The van der Waals surface area contributed by atoms with Crippen molar-refractivity contribution in [2.45, 2.75) is 32.8 Å². The summed E-state index contributed by atoms with van der Waals surface area (Å²) in [5, 5.41) is 6.28. The molecule has 2 aliphatic heterocycles. The zero-order valence-electron chi connectivity index (χ0n) is 10.4. The monoisotopic (exact) mass is 226 g/mol. The molecule has 1 saturated carbocycles. The van der Waals surface area contributed by atoms with E-state index >= 15 is 0 Å². The molecular formula is C12H22N2O2. The van der Waals surface area contributed by atoms with E-state index in [-0.39, 0.29) is 6.09 Å². The number of hydrogen-bond donors (Lipinski definition) is 2. The topological polar surface area (TPSA) is 50.4 Å². The molecule has 2 N–H and O–H groups in total. The summed E-state index contributed by atoms with van der Waals surface area (Å²) in [4.78, 5) is 11.5. The van der Waals surface area contributed by atoms with Gasteiger partial charge in [-0.05, 0) is 58.0 Å². The molecule has 2 atom stereocenters. The normalized spacial score (nSPS) is 32.8. The number of ether oxygens (including phenoxy) is 1. The summed E-state index contributed by atoms with van der Waals surface area (Å²) < 4.78 is 5.21. The summed E-state index contributed by atoms with van der Waals surface area (Å²) in [7, 11) is 0. The van der Waals surface area contributed by atoms with E-state index in [1.165, 1.54) is 6.42 Å². The van der Waals surface area contributed by atoms with Crippen molar-refractivity contribution in [2.75, 3.05) is 19.6 Å². The van der Waals surface area contributed by atoms with E-state index in [4.69, 9.17) is 4.74 Å². The van der Waals surface area contributed by atoms with Crippen LogP contribution in [0.15, 0.2) is 0 Å². The first-order chi connectivity index (χ1) is 7.46. The van der Waals surface area contributed by atoms with Crippen LogP contribution in [0.3, 0.4) is 0 Å². The number of alkyl carbamates (subject to hydrolysis) is 1. The van der Waals surface area contributed by atoms with E-state index in [1.807, 2.05) is 20.8 Å². The van der Waals surface area contributed by atoms with Crippen molar-refractivity contribution in [3.63, 3.8) is 0 Å². The van der Waals surface area contributed by atoms with Gasteiger partial charge in [0.25, 0.3) is 0 Å². The molecule has 0 aromatic carbocycles. The van der Waals surface area contributed by atoms with Crippen LogP contribution in [0.1, 0.15) is 27.2 Å². The zero-order chi connectivity index (χ0) is 11.8. The van der Waals surface area contributed by atoms with Gasteiger partial charge in [-0.3, -0.25) is 0 Å². The Hall–Kier alpha value is -0.770. The van der Waals surface area contributed by atoms with Crippen LogP contribution >= 0.6 is 0 Å². The second-order valence-electron chi connectivity index (χ2n) is 5.96. The molecule has 0 aromatic rings. The minimum atomic E-state index is -0.402. The van der Waals surface area contributed by atoms with E-state index in [2.05, 4.69) is 10.6 Å². The third-order valence-electron chi connectivity index (χ3n) is 3.51. The van der Waals surface area contributed by atoms with Crippen LogP contribution in [0, 0.1) is 17.8 Å². The van der Waals surface area contributed by atoms with E-state index in [0.29, 0.717) is 5.92 Å². The third-order valence-corrected chi connectivity index (χ3v) is 3.51. The smallest absolute Gasteiger partial charge is 0.407 e. The number of fused-ring (bicyclic) bond motifs is 2. The molecule has 3 rings (SSSR count). The van der Waals surface area contributed by atoms with Gasteiger partial charge in [0.1, 0.15) is 5.60 Å². The maximum absolute atomic E-state index is 11.5. The Morgan fingerprint density at radius 2 is 2.00 bits per heavy atom. The molecule has 3 fully saturated rings. The Bertz CT molecular complexity index is 259. The summed E-state index contributed by atoms with van der Waals surface area (Å²) in [6.45, 7) is 8.64. The van der Waals surface area contributed by atoms with Crippen molar-refractivity contribution in [3.05, 3.63) is 0 Å².